The zero-order chi connectivity index (χ0) is 17.6. The first-order valence-electron chi connectivity index (χ1n) is 7.97. The van der Waals surface area contributed by atoms with Gasteiger partial charge in [0, 0.05) is 53.6 Å². The first kappa shape index (κ1) is 18.4. The molecule has 0 aliphatic carbocycles. The SMILES string of the molecule is CC(C)(CNC(=O)/C=C\c1cccc(C#N)c1)N1CCS(=O)CC1. The average Bonchev–Trinajstić information content (AvgIpc) is 2.59. The number of nitrogens with one attached hydrogen (secondary N) is 1. The van der Waals surface area contributed by atoms with Gasteiger partial charge in [0.15, 0.2) is 0 Å². The van der Waals surface area contributed by atoms with E-state index in [1.165, 1.54) is 6.08 Å². The van der Waals surface area contributed by atoms with Crippen molar-refractivity contribution in [1.82, 2.24) is 10.2 Å². The third-order valence-electron chi connectivity index (χ3n) is 4.17. The van der Waals surface area contributed by atoms with Gasteiger partial charge in [-0.3, -0.25) is 13.9 Å². The predicted octanol–water partition coefficient (Wildman–Crippen LogP) is 1.53. The second-order valence-corrected chi connectivity index (χ2v) is 8.13. The number of carbonyl (C=O) groups excluding carboxylic acids is 1. The lowest BCUT2D eigenvalue weighted by atomic mass is 10.0. The summed E-state index contributed by atoms with van der Waals surface area (Å²) in [7, 11) is -0.699. The lowest BCUT2D eigenvalue weighted by Crippen LogP contribution is -2.55. The molecule has 5 nitrogen and oxygen atoms in total. The van der Waals surface area contributed by atoms with E-state index in [1.54, 1.807) is 24.3 Å². The molecule has 1 amide bonds. The molecule has 0 unspecified atom stereocenters. The van der Waals surface area contributed by atoms with Crippen LogP contribution in [0.5, 0.6) is 0 Å². The normalized spacial score (nSPS) is 16.9. The van der Waals surface area contributed by atoms with Crippen molar-refractivity contribution in [2.75, 3.05) is 31.1 Å². The fourth-order valence-electron chi connectivity index (χ4n) is 2.60. The van der Waals surface area contributed by atoms with Crippen LogP contribution >= 0.6 is 0 Å². The van der Waals surface area contributed by atoms with Crippen LogP contribution in [0.2, 0.25) is 0 Å². The van der Waals surface area contributed by atoms with Gasteiger partial charge in [-0.25, -0.2) is 0 Å². The number of hydrogen-bond donors (Lipinski definition) is 1. The highest BCUT2D eigenvalue weighted by Crippen LogP contribution is 2.16. The molecule has 6 heteroatoms. The lowest BCUT2D eigenvalue weighted by Gasteiger charge is -2.40. The van der Waals surface area contributed by atoms with Crippen LogP contribution in [0.3, 0.4) is 0 Å². The van der Waals surface area contributed by atoms with Crippen LogP contribution in [0.1, 0.15) is 25.0 Å². The van der Waals surface area contributed by atoms with Crippen molar-refractivity contribution in [3.05, 3.63) is 41.5 Å². The number of hydrogen-bond acceptors (Lipinski definition) is 4. The maximum absolute atomic E-state index is 12.0. The minimum atomic E-state index is -0.699. The van der Waals surface area contributed by atoms with Crippen LogP contribution in [-0.4, -0.2) is 51.7 Å². The molecular formula is C18H23N3O2S. The van der Waals surface area contributed by atoms with Gasteiger partial charge in [-0.05, 0) is 37.6 Å². The molecule has 2 rings (SSSR count). The highest BCUT2D eigenvalue weighted by molar-refractivity contribution is 7.85. The maximum atomic E-state index is 12.0. The summed E-state index contributed by atoms with van der Waals surface area (Å²) in [6.07, 6.45) is 3.19. The topological polar surface area (TPSA) is 73.2 Å². The minimum absolute atomic E-state index is 0.161. The molecular weight excluding hydrogens is 322 g/mol. The van der Waals surface area contributed by atoms with Crippen LogP contribution in [0.25, 0.3) is 6.08 Å². The summed E-state index contributed by atoms with van der Waals surface area (Å²) in [5.74, 6) is 1.24. The van der Waals surface area contributed by atoms with Crippen molar-refractivity contribution < 1.29 is 9.00 Å². The van der Waals surface area contributed by atoms with Crippen LogP contribution in [0.4, 0.5) is 0 Å². The molecule has 0 spiro atoms. The van der Waals surface area contributed by atoms with Crippen LogP contribution in [0.15, 0.2) is 30.3 Å². The van der Waals surface area contributed by atoms with E-state index >= 15 is 0 Å². The summed E-state index contributed by atoms with van der Waals surface area (Å²) in [4.78, 5) is 14.3. The fraction of sp³-hybridized carbons (Fsp3) is 0.444. The molecule has 1 fully saturated rings. The summed E-state index contributed by atoms with van der Waals surface area (Å²) < 4.78 is 11.5. The van der Waals surface area contributed by atoms with E-state index < -0.39 is 10.8 Å². The standard InChI is InChI=1S/C18H23N3O2S/c1-18(2,21-8-10-24(23)11-9-21)14-20-17(22)7-6-15-4-3-5-16(12-15)13-19/h3-7,12H,8-11,14H2,1-2H3,(H,20,22)/b7-6-. The zero-order valence-corrected chi connectivity index (χ0v) is 14.9. The Hall–Kier alpha value is -1.97. The highest BCUT2D eigenvalue weighted by atomic mass is 32.2. The Labute approximate surface area is 145 Å². The van der Waals surface area contributed by atoms with Crippen molar-refractivity contribution in [3.8, 4) is 6.07 Å². The molecule has 128 valence electrons. The molecule has 0 radical (unpaired) electrons. The van der Waals surface area contributed by atoms with E-state index in [2.05, 4.69) is 30.1 Å². The van der Waals surface area contributed by atoms with E-state index in [-0.39, 0.29) is 11.4 Å². The number of rotatable bonds is 5. The van der Waals surface area contributed by atoms with E-state index in [0.717, 1.165) is 18.7 Å². The Morgan fingerprint density at radius 3 is 2.79 bits per heavy atom. The van der Waals surface area contributed by atoms with E-state index in [4.69, 9.17) is 5.26 Å². The lowest BCUT2D eigenvalue weighted by molar-refractivity contribution is -0.117. The molecule has 0 atom stereocenters. The molecule has 1 aliphatic rings. The summed E-state index contributed by atoms with van der Waals surface area (Å²) in [5.41, 5.74) is 1.22. The molecule has 24 heavy (non-hydrogen) atoms. The molecule has 1 aliphatic heterocycles. The second kappa shape index (κ2) is 8.22. The maximum Gasteiger partial charge on any atom is 0.244 e. The van der Waals surface area contributed by atoms with Gasteiger partial charge >= 0.3 is 0 Å². The fourth-order valence-corrected chi connectivity index (χ4v) is 3.65. The van der Waals surface area contributed by atoms with Crippen molar-refractivity contribution in [3.63, 3.8) is 0 Å². The van der Waals surface area contributed by atoms with Gasteiger partial charge < -0.3 is 5.32 Å². The van der Waals surface area contributed by atoms with E-state index in [9.17, 15) is 9.00 Å². The zero-order valence-electron chi connectivity index (χ0n) is 14.1. The Morgan fingerprint density at radius 1 is 1.42 bits per heavy atom. The van der Waals surface area contributed by atoms with Gasteiger partial charge in [0.1, 0.15) is 0 Å². The van der Waals surface area contributed by atoms with Gasteiger partial charge in [0.2, 0.25) is 5.91 Å². The molecule has 0 saturated carbocycles. The molecule has 0 aromatic heterocycles. The molecule has 1 saturated heterocycles. The first-order chi connectivity index (χ1) is 11.4. The predicted molar refractivity (Wildman–Crippen MR) is 96.7 cm³/mol. The van der Waals surface area contributed by atoms with E-state index in [0.29, 0.717) is 23.6 Å². The van der Waals surface area contributed by atoms with Crippen LogP contribution in [-0.2, 0) is 15.6 Å². The largest absolute Gasteiger partial charge is 0.351 e. The third kappa shape index (κ3) is 5.29. The Balaban J connectivity index is 1.86. The number of nitriles is 1. The summed E-state index contributed by atoms with van der Waals surface area (Å²) in [6.45, 7) is 6.29. The second-order valence-electron chi connectivity index (χ2n) is 6.44. The van der Waals surface area contributed by atoms with Gasteiger partial charge in [-0.1, -0.05) is 12.1 Å². The molecule has 0 bridgehead atoms. The summed E-state index contributed by atoms with van der Waals surface area (Å²) in [6, 6.07) is 9.18. The van der Waals surface area contributed by atoms with Gasteiger partial charge in [0.05, 0.1) is 11.6 Å². The van der Waals surface area contributed by atoms with Gasteiger partial charge in [-0.15, -0.1) is 0 Å². The molecule has 1 heterocycles. The number of amides is 1. The average molecular weight is 345 g/mol. The Morgan fingerprint density at radius 2 is 2.12 bits per heavy atom. The van der Waals surface area contributed by atoms with Gasteiger partial charge in [0.25, 0.3) is 0 Å². The molecule has 1 aromatic carbocycles. The Kier molecular flexibility index (Phi) is 6.29. The number of nitrogens with zero attached hydrogens (tertiary/aromatic N) is 2. The van der Waals surface area contributed by atoms with Gasteiger partial charge in [-0.2, -0.15) is 5.26 Å². The summed E-state index contributed by atoms with van der Waals surface area (Å²) >= 11 is 0. The monoisotopic (exact) mass is 345 g/mol. The molecule has 1 aromatic rings. The van der Waals surface area contributed by atoms with Crippen molar-refractivity contribution in [1.29, 1.82) is 5.26 Å². The quantitative estimate of drug-likeness (QED) is 0.822. The van der Waals surface area contributed by atoms with Crippen molar-refractivity contribution in [2.45, 2.75) is 19.4 Å². The highest BCUT2D eigenvalue weighted by Gasteiger charge is 2.29. The Bertz CT molecular complexity index is 682. The van der Waals surface area contributed by atoms with Crippen molar-refractivity contribution in [2.24, 2.45) is 0 Å². The number of benzene rings is 1. The van der Waals surface area contributed by atoms with Crippen LogP contribution < -0.4 is 5.32 Å². The first-order valence-corrected chi connectivity index (χ1v) is 9.46. The van der Waals surface area contributed by atoms with E-state index in [1.807, 2.05) is 6.07 Å². The smallest absolute Gasteiger partial charge is 0.244 e. The minimum Gasteiger partial charge on any atom is -0.351 e. The summed E-state index contributed by atoms with van der Waals surface area (Å²) in [5, 5.41) is 11.8. The van der Waals surface area contributed by atoms with Crippen molar-refractivity contribution >= 4 is 22.8 Å². The third-order valence-corrected chi connectivity index (χ3v) is 5.45. The molecule has 1 N–H and O–H groups in total. The van der Waals surface area contributed by atoms with Crippen LogP contribution in [0, 0.1) is 11.3 Å². The number of carbonyl (C=O) groups is 1.